The van der Waals surface area contributed by atoms with Crippen LogP contribution in [0.15, 0.2) is 47.7 Å². The van der Waals surface area contributed by atoms with E-state index in [0.717, 1.165) is 57.3 Å². The Bertz CT molecular complexity index is 772. The number of piperidine rings is 1. The first-order chi connectivity index (χ1) is 14.6. The molecule has 172 valence electrons. The maximum atomic E-state index is 5.68. The van der Waals surface area contributed by atoms with E-state index in [4.69, 9.17) is 9.73 Å². The zero-order chi connectivity index (χ0) is 21.2. The molecule has 1 saturated heterocycles. The summed E-state index contributed by atoms with van der Waals surface area (Å²) in [5.74, 6) is 0.892. The van der Waals surface area contributed by atoms with E-state index in [0.29, 0.717) is 18.7 Å². The van der Waals surface area contributed by atoms with E-state index in [1.807, 2.05) is 16.9 Å². The molecule has 1 fully saturated rings. The summed E-state index contributed by atoms with van der Waals surface area (Å²) >= 11 is 0. The predicted molar refractivity (Wildman–Crippen MR) is 137 cm³/mol. The molecule has 1 aromatic heterocycles. The molecule has 2 aromatic rings. The molecule has 8 heteroatoms. The Labute approximate surface area is 203 Å². The van der Waals surface area contributed by atoms with Crippen LogP contribution in [-0.4, -0.2) is 65.6 Å². The summed E-state index contributed by atoms with van der Waals surface area (Å²) in [6.07, 6.45) is 6.31. The first kappa shape index (κ1) is 25.6. The van der Waals surface area contributed by atoms with Gasteiger partial charge in [-0.2, -0.15) is 5.10 Å². The predicted octanol–water partition coefficient (Wildman–Crippen LogP) is 3.43. The van der Waals surface area contributed by atoms with Crippen molar-refractivity contribution in [3.63, 3.8) is 0 Å². The highest BCUT2D eigenvalue weighted by atomic mass is 127. The lowest BCUT2D eigenvalue weighted by Crippen LogP contribution is -2.49. The van der Waals surface area contributed by atoms with Gasteiger partial charge in [0.1, 0.15) is 0 Å². The van der Waals surface area contributed by atoms with E-state index in [1.54, 1.807) is 6.20 Å². The second kappa shape index (κ2) is 13.7. The van der Waals surface area contributed by atoms with Crippen LogP contribution in [0.5, 0.6) is 0 Å². The molecule has 0 spiro atoms. The van der Waals surface area contributed by atoms with E-state index in [2.05, 4.69) is 65.7 Å². The summed E-state index contributed by atoms with van der Waals surface area (Å²) in [4.78, 5) is 7.31. The highest BCUT2D eigenvalue weighted by Gasteiger charge is 2.19. The molecule has 3 rings (SSSR count). The van der Waals surface area contributed by atoms with E-state index < -0.39 is 0 Å². The van der Waals surface area contributed by atoms with Crippen molar-refractivity contribution in [3.05, 3.63) is 48.3 Å². The fraction of sp³-hybridized carbons (Fsp3) is 0.565. The fourth-order valence-corrected chi connectivity index (χ4v) is 3.62. The molecule has 31 heavy (non-hydrogen) atoms. The maximum absolute atomic E-state index is 5.68. The molecule has 1 aliphatic rings. The average Bonchev–Trinajstić information content (AvgIpc) is 3.28. The number of likely N-dealkylation sites (tertiary alicyclic amines) is 1. The molecule has 2 heterocycles. The van der Waals surface area contributed by atoms with E-state index >= 15 is 0 Å². The average molecular weight is 540 g/mol. The van der Waals surface area contributed by atoms with Crippen molar-refractivity contribution in [2.45, 2.75) is 52.3 Å². The number of guanidine groups is 1. The molecule has 0 atom stereocenters. The Morgan fingerprint density at radius 1 is 1.26 bits per heavy atom. The van der Waals surface area contributed by atoms with Crippen LogP contribution in [0.25, 0.3) is 5.69 Å². The topological polar surface area (TPSA) is 66.7 Å². The number of aliphatic imine (C=N–C) groups is 1. The number of nitrogens with zero attached hydrogens (tertiary/aromatic N) is 4. The standard InChI is InChI=1S/C23H36N6O.HI/c1-4-24-23(27-21-9-13-28(14-10-21)15-16-30-19(2)3)25-18-20-7-5-8-22(17-20)29-12-6-11-26-29;/h5-8,11-12,17,19,21H,4,9-10,13-16,18H2,1-3H3,(H2,24,25,27);1H. The van der Waals surface area contributed by atoms with Crippen molar-refractivity contribution in [2.24, 2.45) is 4.99 Å². The summed E-state index contributed by atoms with van der Waals surface area (Å²) < 4.78 is 7.55. The van der Waals surface area contributed by atoms with Crippen molar-refractivity contribution < 1.29 is 4.74 Å². The number of hydrogen-bond acceptors (Lipinski definition) is 4. The summed E-state index contributed by atoms with van der Waals surface area (Å²) in [5, 5.41) is 11.3. The third kappa shape index (κ3) is 8.78. The number of ether oxygens (including phenoxy) is 1. The minimum Gasteiger partial charge on any atom is -0.377 e. The third-order valence-electron chi connectivity index (χ3n) is 5.23. The maximum Gasteiger partial charge on any atom is 0.191 e. The first-order valence-electron chi connectivity index (χ1n) is 11.1. The lowest BCUT2D eigenvalue weighted by Gasteiger charge is -2.33. The van der Waals surface area contributed by atoms with Gasteiger partial charge in [-0.05, 0) is 57.4 Å². The molecule has 7 nitrogen and oxygen atoms in total. The Morgan fingerprint density at radius 3 is 2.74 bits per heavy atom. The Balaban J connectivity index is 0.00000341. The van der Waals surface area contributed by atoms with Gasteiger partial charge in [-0.1, -0.05) is 12.1 Å². The number of aromatic nitrogens is 2. The molecule has 2 N–H and O–H groups in total. The molecule has 0 unspecified atom stereocenters. The van der Waals surface area contributed by atoms with Gasteiger partial charge in [0.25, 0.3) is 0 Å². The summed E-state index contributed by atoms with van der Waals surface area (Å²) in [7, 11) is 0. The van der Waals surface area contributed by atoms with Gasteiger partial charge < -0.3 is 20.3 Å². The summed E-state index contributed by atoms with van der Waals surface area (Å²) in [6.45, 7) is 11.8. The fourth-order valence-electron chi connectivity index (χ4n) is 3.62. The van der Waals surface area contributed by atoms with Crippen LogP contribution in [0, 0.1) is 0 Å². The van der Waals surface area contributed by atoms with Gasteiger partial charge in [0, 0.05) is 44.6 Å². The summed E-state index contributed by atoms with van der Waals surface area (Å²) in [5.41, 5.74) is 2.22. The molecule has 0 radical (unpaired) electrons. The highest BCUT2D eigenvalue weighted by Crippen LogP contribution is 2.12. The van der Waals surface area contributed by atoms with Crippen molar-refractivity contribution >= 4 is 29.9 Å². The van der Waals surface area contributed by atoms with Crippen molar-refractivity contribution in [1.82, 2.24) is 25.3 Å². The van der Waals surface area contributed by atoms with Gasteiger partial charge in [-0.25, -0.2) is 9.67 Å². The Morgan fingerprint density at radius 2 is 2.06 bits per heavy atom. The van der Waals surface area contributed by atoms with E-state index in [9.17, 15) is 0 Å². The molecule has 1 aromatic carbocycles. The molecule has 1 aliphatic heterocycles. The molecule has 0 amide bonds. The van der Waals surface area contributed by atoms with Crippen LogP contribution in [-0.2, 0) is 11.3 Å². The number of nitrogens with one attached hydrogen (secondary N) is 2. The van der Waals surface area contributed by atoms with Gasteiger partial charge in [0.15, 0.2) is 5.96 Å². The quantitative estimate of drug-likeness (QED) is 0.290. The van der Waals surface area contributed by atoms with Crippen molar-refractivity contribution in [1.29, 1.82) is 0 Å². The molecule has 0 bridgehead atoms. The smallest absolute Gasteiger partial charge is 0.191 e. The largest absolute Gasteiger partial charge is 0.377 e. The lowest BCUT2D eigenvalue weighted by molar-refractivity contribution is 0.0532. The number of rotatable bonds is 9. The monoisotopic (exact) mass is 540 g/mol. The van der Waals surface area contributed by atoms with E-state index in [1.165, 1.54) is 5.56 Å². The molecule has 0 saturated carbocycles. The number of benzene rings is 1. The van der Waals surface area contributed by atoms with Gasteiger partial charge in [0.05, 0.1) is 24.9 Å². The molecule has 0 aliphatic carbocycles. The first-order valence-corrected chi connectivity index (χ1v) is 11.1. The van der Waals surface area contributed by atoms with Crippen LogP contribution in [0.2, 0.25) is 0 Å². The Kier molecular flexibility index (Phi) is 11.3. The molecular formula is C23H37IN6O. The second-order valence-electron chi connectivity index (χ2n) is 8.00. The number of halogens is 1. The normalized spacial score (nSPS) is 15.7. The minimum absolute atomic E-state index is 0. The highest BCUT2D eigenvalue weighted by molar-refractivity contribution is 14.0. The van der Waals surface area contributed by atoms with Gasteiger partial charge in [0.2, 0.25) is 0 Å². The number of hydrogen-bond donors (Lipinski definition) is 2. The van der Waals surface area contributed by atoms with Crippen LogP contribution in [0.1, 0.15) is 39.2 Å². The van der Waals surface area contributed by atoms with Gasteiger partial charge in [-0.3, -0.25) is 0 Å². The third-order valence-corrected chi connectivity index (χ3v) is 5.23. The second-order valence-corrected chi connectivity index (χ2v) is 8.00. The van der Waals surface area contributed by atoms with Gasteiger partial charge >= 0.3 is 0 Å². The van der Waals surface area contributed by atoms with Gasteiger partial charge in [-0.15, -0.1) is 24.0 Å². The van der Waals surface area contributed by atoms with Crippen LogP contribution in [0.3, 0.4) is 0 Å². The van der Waals surface area contributed by atoms with Crippen molar-refractivity contribution in [2.75, 3.05) is 32.8 Å². The zero-order valence-corrected chi connectivity index (χ0v) is 21.3. The SMILES string of the molecule is CCNC(=NCc1cccc(-n2cccn2)c1)NC1CCN(CCOC(C)C)CC1.I. The summed E-state index contributed by atoms with van der Waals surface area (Å²) in [6, 6.07) is 10.8. The van der Waals surface area contributed by atoms with Crippen molar-refractivity contribution in [3.8, 4) is 5.69 Å². The van der Waals surface area contributed by atoms with Crippen LogP contribution >= 0.6 is 24.0 Å². The van der Waals surface area contributed by atoms with Crippen LogP contribution in [0.4, 0.5) is 0 Å². The lowest BCUT2D eigenvalue weighted by atomic mass is 10.1. The van der Waals surface area contributed by atoms with E-state index in [-0.39, 0.29) is 24.0 Å². The minimum atomic E-state index is 0. The Hall–Kier alpha value is -1.65. The van der Waals surface area contributed by atoms with Crippen LogP contribution < -0.4 is 10.6 Å². The zero-order valence-electron chi connectivity index (χ0n) is 19.0. The molecular weight excluding hydrogens is 503 g/mol.